The molecule has 1 aromatic heterocycles. The van der Waals surface area contributed by atoms with Crippen molar-refractivity contribution in [1.29, 1.82) is 0 Å². The fraction of sp³-hybridized carbons (Fsp3) is 0.409. The highest BCUT2D eigenvalue weighted by molar-refractivity contribution is 5.97. The average molecular weight is 333 g/mol. The van der Waals surface area contributed by atoms with Crippen molar-refractivity contribution in [3.63, 3.8) is 0 Å². The molecule has 1 unspecified atom stereocenters. The normalized spacial score (nSPS) is 16.0. The molecule has 1 aliphatic rings. The Hall–Kier alpha value is -1.97. The van der Waals surface area contributed by atoms with Gasteiger partial charge in [0.2, 0.25) is 0 Å². The molecule has 0 saturated heterocycles. The van der Waals surface area contributed by atoms with Gasteiger partial charge in [0.25, 0.3) is 0 Å². The lowest BCUT2D eigenvalue weighted by atomic mass is 9.94. The van der Waals surface area contributed by atoms with Gasteiger partial charge in [0.05, 0.1) is 11.0 Å². The quantitative estimate of drug-likeness (QED) is 0.647. The molecule has 1 heterocycles. The van der Waals surface area contributed by atoms with Crippen LogP contribution in [0.15, 0.2) is 48.5 Å². The van der Waals surface area contributed by atoms with Crippen LogP contribution in [0.3, 0.4) is 0 Å². The molecule has 2 aromatic carbocycles. The summed E-state index contributed by atoms with van der Waals surface area (Å²) in [6.07, 6.45) is 4.97. The number of para-hydroxylation sites is 2. The summed E-state index contributed by atoms with van der Waals surface area (Å²) in [6, 6.07) is 16.8. The van der Waals surface area contributed by atoms with Crippen LogP contribution in [0, 0.1) is 5.92 Å². The molecule has 3 aromatic rings. The van der Waals surface area contributed by atoms with E-state index in [2.05, 4.69) is 48.3 Å². The Morgan fingerprint density at radius 1 is 1.04 bits per heavy atom. The van der Waals surface area contributed by atoms with Gasteiger partial charge < -0.3 is 10.6 Å². The molecule has 0 spiro atoms. The first kappa shape index (κ1) is 16.5. The smallest absolute Gasteiger partial charge is 0.0713 e. The Kier molecular flexibility index (Phi) is 4.69. The molecule has 0 radical (unpaired) electrons. The van der Waals surface area contributed by atoms with Gasteiger partial charge in [-0.3, -0.25) is 0 Å². The predicted octanol–water partition coefficient (Wildman–Crippen LogP) is 4.51. The van der Waals surface area contributed by atoms with E-state index >= 15 is 0 Å². The molecule has 3 heteroatoms. The lowest BCUT2D eigenvalue weighted by Crippen LogP contribution is -2.23. The Morgan fingerprint density at radius 3 is 2.24 bits per heavy atom. The molecule has 1 aliphatic carbocycles. The van der Waals surface area contributed by atoms with Gasteiger partial charge in [-0.25, -0.2) is 4.98 Å². The van der Waals surface area contributed by atoms with Crippen molar-refractivity contribution in [2.45, 2.75) is 31.7 Å². The highest BCUT2D eigenvalue weighted by Gasteiger charge is 2.22. The summed E-state index contributed by atoms with van der Waals surface area (Å²) in [4.78, 5) is 7.27. The average Bonchev–Trinajstić information content (AvgIpc) is 3.43. The summed E-state index contributed by atoms with van der Waals surface area (Å²) >= 11 is 0. The molecule has 3 nitrogen and oxygen atoms in total. The third-order valence-corrected chi connectivity index (χ3v) is 5.32. The Balaban J connectivity index is 1.57. The van der Waals surface area contributed by atoms with Crippen molar-refractivity contribution in [3.05, 3.63) is 54.1 Å². The van der Waals surface area contributed by atoms with Crippen molar-refractivity contribution in [3.8, 4) is 0 Å². The van der Waals surface area contributed by atoms with Gasteiger partial charge in [0.1, 0.15) is 0 Å². The maximum atomic E-state index is 6.68. The van der Waals surface area contributed by atoms with Gasteiger partial charge in [0, 0.05) is 23.4 Å². The van der Waals surface area contributed by atoms with Crippen molar-refractivity contribution >= 4 is 21.8 Å². The lowest BCUT2D eigenvalue weighted by Gasteiger charge is -2.20. The summed E-state index contributed by atoms with van der Waals surface area (Å²) in [5.41, 5.74) is 10.0. The highest BCUT2D eigenvalue weighted by Crippen LogP contribution is 2.32. The van der Waals surface area contributed by atoms with Crippen LogP contribution < -0.4 is 5.73 Å². The number of fused-ring (bicyclic) bond motifs is 2. The zero-order valence-corrected chi connectivity index (χ0v) is 15.0. The molecule has 130 valence electrons. The second kappa shape index (κ2) is 7.11. The molecule has 0 amide bonds. The number of nitrogens with two attached hydrogens (primary N) is 1. The van der Waals surface area contributed by atoms with E-state index < -0.39 is 0 Å². The minimum absolute atomic E-state index is 0.0483. The first-order valence-corrected chi connectivity index (χ1v) is 9.44. The molecular weight excluding hydrogens is 306 g/mol. The van der Waals surface area contributed by atoms with E-state index in [1.807, 2.05) is 12.1 Å². The number of hydrogen-bond donors (Lipinski definition) is 1. The second-order valence-corrected chi connectivity index (χ2v) is 7.51. The van der Waals surface area contributed by atoms with E-state index in [0.29, 0.717) is 0 Å². The topological polar surface area (TPSA) is 42.1 Å². The largest absolute Gasteiger partial charge is 0.324 e. The van der Waals surface area contributed by atoms with Crippen LogP contribution in [0.2, 0.25) is 0 Å². The van der Waals surface area contributed by atoms with Crippen molar-refractivity contribution in [1.82, 2.24) is 9.88 Å². The molecule has 25 heavy (non-hydrogen) atoms. The molecule has 0 aliphatic heterocycles. The molecule has 2 N–H and O–H groups in total. The first-order chi connectivity index (χ1) is 12.2. The van der Waals surface area contributed by atoms with E-state index in [0.717, 1.165) is 36.3 Å². The first-order valence-electron chi connectivity index (χ1n) is 9.44. The molecule has 1 atom stereocenters. The van der Waals surface area contributed by atoms with E-state index in [4.69, 9.17) is 10.7 Å². The number of rotatable bonds is 7. The van der Waals surface area contributed by atoms with E-state index in [-0.39, 0.29) is 6.04 Å². The van der Waals surface area contributed by atoms with Crippen LogP contribution >= 0.6 is 0 Å². The van der Waals surface area contributed by atoms with Crippen LogP contribution in [0.25, 0.3) is 21.8 Å². The van der Waals surface area contributed by atoms with Crippen molar-refractivity contribution < 1.29 is 0 Å². The monoisotopic (exact) mass is 333 g/mol. The number of pyridine rings is 1. The third-order valence-electron chi connectivity index (χ3n) is 5.32. The van der Waals surface area contributed by atoms with Gasteiger partial charge >= 0.3 is 0 Å². The third kappa shape index (κ3) is 3.68. The molecular formula is C22H27N3. The van der Waals surface area contributed by atoms with Crippen molar-refractivity contribution in [2.75, 3.05) is 20.1 Å². The zero-order chi connectivity index (χ0) is 17.2. The SMILES string of the molecule is CN(CCCC(N)c1c2ccccc2nc2ccccc12)CC1CC1. The summed E-state index contributed by atoms with van der Waals surface area (Å²) in [5, 5.41) is 2.39. The molecule has 0 bridgehead atoms. The zero-order valence-electron chi connectivity index (χ0n) is 15.0. The van der Waals surface area contributed by atoms with E-state index in [1.165, 1.54) is 35.7 Å². The molecule has 4 rings (SSSR count). The van der Waals surface area contributed by atoms with Gasteiger partial charge in [-0.1, -0.05) is 36.4 Å². The number of benzene rings is 2. The van der Waals surface area contributed by atoms with Crippen molar-refractivity contribution in [2.24, 2.45) is 11.7 Å². The van der Waals surface area contributed by atoms with Crippen LogP contribution in [0.1, 0.15) is 37.3 Å². The van der Waals surface area contributed by atoms with Gasteiger partial charge in [-0.2, -0.15) is 0 Å². The number of hydrogen-bond acceptors (Lipinski definition) is 3. The maximum absolute atomic E-state index is 6.68. The van der Waals surface area contributed by atoms with Gasteiger partial charge in [-0.15, -0.1) is 0 Å². The van der Waals surface area contributed by atoms with Gasteiger partial charge in [0.15, 0.2) is 0 Å². The van der Waals surface area contributed by atoms with Crippen LogP contribution in [-0.4, -0.2) is 30.0 Å². The summed E-state index contributed by atoms with van der Waals surface area (Å²) < 4.78 is 0. The maximum Gasteiger partial charge on any atom is 0.0713 e. The summed E-state index contributed by atoms with van der Waals surface area (Å²) in [7, 11) is 2.24. The predicted molar refractivity (Wildman–Crippen MR) is 106 cm³/mol. The highest BCUT2D eigenvalue weighted by atomic mass is 15.1. The Morgan fingerprint density at radius 2 is 1.64 bits per heavy atom. The van der Waals surface area contributed by atoms with Crippen LogP contribution in [0.5, 0.6) is 0 Å². The van der Waals surface area contributed by atoms with E-state index in [9.17, 15) is 0 Å². The number of aromatic nitrogens is 1. The minimum atomic E-state index is 0.0483. The molecule has 1 fully saturated rings. The summed E-state index contributed by atoms with van der Waals surface area (Å²) in [5.74, 6) is 0.951. The number of nitrogens with zero attached hydrogens (tertiary/aromatic N) is 2. The van der Waals surface area contributed by atoms with E-state index in [1.54, 1.807) is 0 Å². The minimum Gasteiger partial charge on any atom is -0.324 e. The van der Waals surface area contributed by atoms with Crippen LogP contribution in [-0.2, 0) is 0 Å². The van der Waals surface area contributed by atoms with Crippen LogP contribution in [0.4, 0.5) is 0 Å². The fourth-order valence-corrected chi connectivity index (χ4v) is 3.83. The Bertz CT molecular complexity index is 815. The lowest BCUT2D eigenvalue weighted by molar-refractivity contribution is 0.309. The summed E-state index contributed by atoms with van der Waals surface area (Å²) in [6.45, 7) is 2.38. The Labute approximate surface area is 149 Å². The standard InChI is InChI=1S/C22H27N3/c1-25(15-16-12-13-16)14-6-9-19(23)22-17-7-2-4-10-20(17)24-21-11-5-3-8-18(21)22/h2-5,7-8,10-11,16,19H,6,9,12-15,23H2,1H3. The second-order valence-electron chi connectivity index (χ2n) is 7.51. The fourth-order valence-electron chi connectivity index (χ4n) is 3.83. The van der Waals surface area contributed by atoms with Gasteiger partial charge in [-0.05, 0) is 62.9 Å². The molecule has 1 saturated carbocycles.